The molecule has 0 bridgehead atoms. The van der Waals surface area contributed by atoms with Gasteiger partial charge in [-0.3, -0.25) is 19.1 Å². The number of nitrogens with zero attached hydrogens (tertiary/aromatic N) is 1. The number of H-pyrrole nitrogens is 1. The van der Waals surface area contributed by atoms with Gasteiger partial charge in [0, 0.05) is 0 Å². The van der Waals surface area contributed by atoms with Crippen molar-refractivity contribution >= 4 is 5.97 Å². The molecular formula is C14H14N2O5. The lowest BCUT2D eigenvalue weighted by Crippen LogP contribution is -2.33. The molecule has 0 atom stereocenters. The van der Waals surface area contributed by atoms with E-state index in [0.29, 0.717) is 5.56 Å². The zero-order valence-electron chi connectivity index (χ0n) is 11.5. The van der Waals surface area contributed by atoms with Crippen molar-refractivity contribution in [2.24, 2.45) is 0 Å². The molecule has 0 fully saturated rings. The fourth-order valence-corrected chi connectivity index (χ4v) is 1.96. The molecule has 0 saturated carbocycles. The van der Waals surface area contributed by atoms with E-state index < -0.39 is 29.6 Å². The third kappa shape index (κ3) is 2.86. The number of ether oxygens (including phenoxy) is 1. The monoisotopic (exact) mass is 290 g/mol. The Morgan fingerprint density at radius 1 is 1.38 bits per heavy atom. The molecule has 2 N–H and O–H groups in total. The molecule has 0 unspecified atom stereocenters. The van der Waals surface area contributed by atoms with Crippen LogP contribution in [0.15, 0.2) is 33.9 Å². The second-order valence-electron chi connectivity index (χ2n) is 4.49. The molecule has 2 aromatic rings. The highest BCUT2D eigenvalue weighted by Crippen LogP contribution is 2.24. The second kappa shape index (κ2) is 5.66. The first-order chi connectivity index (χ1) is 9.93. The molecule has 0 saturated heterocycles. The van der Waals surface area contributed by atoms with E-state index in [2.05, 4.69) is 9.72 Å². The SMILES string of the molecule is COC(=O)Cn1c(O)c(-c2cccc(C)c2)c(=O)[nH]c1=O. The van der Waals surface area contributed by atoms with Gasteiger partial charge in [0.1, 0.15) is 12.1 Å². The summed E-state index contributed by atoms with van der Waals surface area (Å²) in [5, 5.41) is 10.2. The van der Waals surface area contributed by atoms with Crippen LogP contribution in [0.25, 0.3) is 11.1 Å². The molecule has 0 amide bonds. The summed E-state index contributed by atoms with van der Waals surface area (Å²) in [4.78, 5) is 37.0. The molecule has 110 valence electrons. The number of methoxy groups -OCH3 is 1. The lowest BCUT2D eigenvalue weighted by atomic mass is 10.1. The van der Waals surface area contributed by atoms with Gasteiger partial charge < -0.3 is 9.84 Å². The molecule has 0 aliphatic heterocycles. The van der Waals surface area contributed by atoms with Gasteiger partial charge in [-0.2, -0.15) is 0 Å². The minimum absolute atomic E-state index is 0.0674. The van der Waals surface area contributed by atoms with Crippen molar-refractivity contribution in [3.05, 3.63) is 50.7 Å². The van der Waals surface area contributed by atoms with Crippen molar-refractivity contribution in [3.63, 3.8) is 0 Å². The molecule has 2 rings (SSSR count). The van der Waals surface area contributed by atoms with Gasteiger partial charge in [-0.05, 0) is 12.5 Å². The number of nitrogens with one attached hydrogen (secondary N) is 1. The highest BCUT2D eigenvalue weighted by molar-refractivity contribution is 5.71. The van der Waals surface area contributed by atoms with E-state index in [1.807, 2.05) is 13.0 Å². The summed E-state index contributed by atoms with van der Waals surface area (Å²) in [6.45, 7) is 1.34. The molecule has 0 radical (unpaired) electrons. The third-order valence-electron chi connectivity index (χ3n) is 2.99. The lowest BCUT2D eigenvalue weighted by Gasteiger charge is -2.10. The Morgan fingerprint density at radius 3 is 2.71 bits per heavy atom. The van der Waals surface area contributed by atoms with Crippen LogP contribution in [0.1, 0.15) is 5.56 Å². The molecule has 1 aromatic heterocycles. The quantitative estimate of drug-likeness (QED) is 0.796. The van der Waals surface area contributed by atoms with Crippen molar-refractivity contribution in [3.8, 4) is 17.0 Å². The van der Waals surface area contributed by atoms with Gasteiger partial charge in [0.15, 0.2) is 0 Å². The summed E-state index contributed by atoms with van der Waals surface area (Å²) in [6.07, 6.45) is 0. The predicted molar refractivity (Wildman–Crippen MR) is 75.2 cm³/mol. The first-order valence-electron chi connectivity index (χ1n) is 6.14. The van der Waals surface area contributed by atoms with Crippen LogP contribution in [0.3, 0.4) is 0 Å². The summed E-state index contributed by atoms with van der Waals surface area (Å²) < 4.78 is 5.21. The number of benzene rings is 1. The standard InChI is InChI=1S/C14H14N2O5/c1-8-4-3-5-9(6-8)11-12(18)15-14(20)16(13(11)19)7-10(17)21-2/h3-6,19H,7H2,1-2H3,(H,15,18,20). The minimum atomic E-state index is -0.876. The highest BCUT2D eigenvalue weighted by atomic mass is 16.5. The minimum Gasteiger partial charge on any atom is -0.494 e. The zero-order chi connectivity index (χ0) is 15.6. The number of carbonyl (C=O) groups excluding carboxylic acids is 1. The molecule has 0 aliphatic rings. The van der Waals surface area contributed by atoms with Gasteiger partial charge in [0.05, 0.1) is 7.11 Å². The van der Waals surface area contributed by atoms with Crippen molar-refractivity contribution in [2.45, 2.75) is 13.5 Å². The van der Waals surface area contributed by atoms with Crippen molar-refractivity contribution < 1.29 is 14.6 Å². The van der Waals surface area contributed by atoms with Gasteiger partial charge in [0.25, 0.3) is 5.56 Å². The Morgan fingerprint density at radius 2 is 2.10 bits per heavy atom. The fraction of sp³-hybridized carbons (Fsp3) is 0.214. The zero-order valence-corrected chi connectivity index (χ0v) is 11.5. The van der Waals surface area contributed by atoms with Crippen LogP contribution in [0.2, 0.25) is 0 Å². The normalized spacial score (nSPS) is 10.4. The molecule has 0 spiro atoms. The Kier molecular flexibility index (Phi) is 3.93. The summed E-state index contributed by atoms with van der Waals surface area (Å²) in [5.74, 6) is -1.28. The van der Waals surface area contributed by atoms with E-state index in [1.165, 1.54) is 0 Å². The number of aromatic amines is 1. The maximum atomic E-state index is 11.9. The number of aromatic hydroxyl groups is 1. The lowest BCUT2D eigenvalue weighted by molar-refractivity contribution is -0.141. The van der Waals surface area contributed by atoms with Crippen molar-refractivity contribution in [1.29, 1.82) is 0 Å². The number of esters is 1. The molecule has 21 heavy (non-hydrogen) atoms. The summed E-state index contributed by atoms with van der Waals surface area (Å²) >= 11 is 0. The van der Waals surface area contributed by atoms with Crippen LogP contribution in [0.5, 0.6) is 5.88 Å². The first-order valence-corrected chi connectivity index (χ1v) is 6.14. The molecule has 1 aromatic carbocycles. The predicted octanol–water partition coefficient (Wildman–Crippen LogP) is 0.391. The number of aromatic nitrogens is 2. The molecule has 7 heteroatoms. The van der Waals surface area contributed by atoms with Gasteiger partial charge in [-0.25, -0.2) is 4.79 Å². The van der Waals surface area contributed by atoms with E-state index in [1.54, 1.807) is 18.2 Å². The molecular weight excluding hydrogens is 276 g/mol. The van der Waals surface area contributed by atoms with Gasteiger partial charge >= 0.3 is 11.7 Å². The van der Waals surface area contributed by atoms with E-state index >= 15 is 0 Å². The van der Waals surface area contributed by atoms with Crippen LogP contribution in [-0.4, -0.2) is 27.7 Å². The van der Waals surface area contributed by atoms with Crippen LogP contribution in [0.4, 0.5) is 0 Å². The number of rotatable bonds is 3. The van der Waals surface area contributed by atoms with E-state index in [9.17, 15) is 19.5 Å². The van der Waals surface area contributed by atoms with Crippen molar-refractivity contribution in [1.82, 2.24) is 9.55 Å². The Bertz CT molecular complexity index is 804. The van der Waals surface area contributed by atoms with Crippen LogP contribution < -0.4 is 11.2 Å². The van der Waals surface area contributed by atoms with E-state index in [-0.39, 0.29) is 5.56 Å². The molecule has 0 aliphatic carbocycles. The van der Waals surface area contributed by atoms with E-state index in [0.717, 1.165) is 17.2 Å². The second-order valence-corrected chi connectivity index (χ2v) is 4.49. The number of hydrogen-bond donors (Lipinski definition) is 2. The smallest absolute Gasteiger partial charge is 0.331 e. The van der Waals surface area contributed by atoms with Gasteiger partial charge in [0.2, 0.25) is 5.88 Å². The van der Waals surface area contributed by atoms with E-state index in [4.69, 9.17) is 0 Å². The first kappa shape index (κ1) is 14.6. The molecule has 7 nitrogen and oxygen atoms in total. The summed E-state index contributed by atoms with van der Waals surface area (Å²) in [6, 6.07) is 6.88. The van der Waals surface area contributed by atoms with Gasteiger partial charge in [-0.15, -0.1) is 0 Å². The fourth-order valence-electron chi connectivity index (χ4n) is 1.96. The Labute approximate surface area is 119 Å². The summed E-state index contributed by atoms with van der Waals surface area (Å²) in [7, 11) is 1.16. The Hall–Kier alpha value is -2.83. The highest BCUT2D eigenvalue weighted by Gasteiger charge is 2.18. The van der Waals surface area contributed by atoms with Gasteiger partial charge in [-0.1, -0.05) is 29.8 Å². The Balaban J connectivity index is 2.67. The van der Waals surface area contributed by atoms with Crippen LogP contribution in [0, 0.1) is 6.92 Å². The third-order valence-corrected chi connectivity index (χ3v) is 2.99. The maximum Gasteiger partial charge on any atom is 0.331 e. The number of hydrogen-bond acceptors (Lipinski definition) is 5. The summed E-state index contributed by atoms with van der Waals surface area (Å²) in [5.41, 5.74) is -0.324. The number of carbonyl (C=O) groups is 1. The van der Waals surface area contributed by atoms with Crippen molar-refractivity contribution in [2.75, 3.05) is 7.11 Å². The average molecular weight is 290 g/mol. The maximum absolute atomic E-state index is 11.9. The van der Waals surface area contributed by atoms with Crippen LogP contribution in [-0.2, 0) is 16.1 Å². The number of aryl methyl sites for hydroxylation is 1. The topological polar surface area (TPSA) is 101 Å². The molecule has 1 heterocycles. The largest absolute Gasteiger partial charge is 0.494 e. The average Bonchev–Trinajstić information content (AvgIpc) is 2.43. The van der Waals surface area contributed by atoms with Crippen LogP contribution >= 0.6 is 0 Å².